The Kier molecular flexibility index (Phi) is 2.60. The SMILES string of the molecule is N=[C-]N[C-]=N. The highest BCUT2D eigenvalue weighted by atomic mass is 14.9. The van der Waals surface area contributed by atoms with Gasteiger partial charge in [-0.05, 0) is 0 Å². The first kappa shape index (κ1) is 4.14. The zero-order chi connectivity index (χ0) is 4.12. The van der Waals surface area contributed by atoms with Gasteiger partial charge < -0.3 is 28.8 Å². The van der Waals surface area contributed by atoms with Gasteiger partial charge in [0, 0.05) is 0 Å². The van der Waals surface area contributed by atoms with Gasteiger partial charge >= 0.3 is 0 Å². The van der Waals surface area contributed by atoms with E-state index in [-0.39, 0.29) is 0 Å². The monoisotopic (exact) mass is 69.0 g/mol. The van der Waals surface area contributed by atoms with Crippen LogP contribution in [-0.4, -0.2) is 12.7 Å². The average molecular weight is 69.1 g/mol. The lowest BCUT2D eigenvalue weighted by Gasteiger charge is -2.08. The zero-order valence-corrected chi connectivity index (χ0v) is 2.50. The molecular weight excluding hydrogens is 66.0 g/mol. The van der Waals surface area contributed by atoms with Crippen LogP contribution in [-0.2, 0) is 0 Å². The minimum absolute atomic E-state index is 1.72. The highest BCUT2D eigenvalue weighted by Crippen LogP contribution is 1.21. The van der Waals surface area contributed by atoms with Crippen LogP contribution in [0.4, 0.5) is 0 Å². The highest BCUT2D eigenvalue weighted by Gasteiger charge is 1.10. The summed E-state index contributed by atoms with van der Waals surface area (Å²) >= 11 is 0. The molecular formula is C2H3N3-2. The molecule has 0 fully saturated rings. The summed E-state index contributed by atoms with van der Waals surface area (Å²) in [5, 5.41) is 14.1. The molecule has 0 aromatic heterocycles. The summed E-state index contributed by atoms with van der Waals surface area (Å²) in [7, 11) is 0. The molecule has 0 amide bonds. The summed E-state index contributed by atoms with van der Waals surface area (Å²) in [5.74, 6) is 0. The molecule has 3 heteroatoms. The van der Waals surface area contributed by atoms with Crippen molar-refractivity contribution in [1.82, 2.24) is 5.32 Å². The first-order chi connectivity index (χ1) is 2.41. The van der Waals surface area contributed by atoms with E-state index in [4.69, 9.17) is 10.8 Å². The van der Waals surface area contributed by atoms with Crippen LogP contribution in [0, 0.1) is 10.8 Å². The number of hydrogen-bond acceptors (Lipinski definition) is 2. The maximum atomic E-state index is 6.06. The number of hydrogen-bond donors (Lipinski definition) is 3. The van der Waals surface area contributed by atoms with Gasteiger partial charge in [-0.25, -0.2) is 0 Å². The van der Waals surface area contributed by atoms with Gasteiger partial charge in [0.25, 0.3) is 0 Å². The van der Waals surface area contributed by atoms with Gasteiger partial charge in [-0.15, -0.1) is 0 Å². The van der Waals surface area contributed by atoms with Gasteiger partial charge in [0.2, 0.25) is 0 Å². The number of nitrogens with one attached hydrogen (secondary N) is 3. The molecule has 0 aromatic carbocycles. The van der Waals surface area contributed by atoms with Gasteiger partial charge in [-0.3, -0.25) is 0 Å². The second kappa shape index (κ2) is 3.14. The Morgan fingerprint density at radius 1 is 1.20 bits per heavy atom. The standard InChI is InChI=1S/C2H3N3/c3-1-5-2-4/h(H3,3,4,5)/q-2. The quantitative estimate of drug-likeness (QED) is 0.175. The van der Waals surface area contributed by atoms with Crippen LogP contribution < -0.4 is 5.32 Å². The van der Waals surface area contributed by atoms with E-state index in [9.17, 15) is 0 Å². The summed E-state index contributed by atoms with van der Waals surface area (Å²) in [6.45, 7) is 0. The van der Waals surface area contributed by atoms with Gasteiger partial charge in [0.05, 0.1) is 0 Å². The molecule has 0 unspecified atom stereocenters. The smallest absolute Gasteiger partial charge is 0.340 e. The van der Waals surface area contributed by atoms with Crippen LogP contribution in [0.3, 0.4) is 0 Å². The molecule has 0 aromatic rings. The largest absolute Gasteiger partial charge is 0.683 e. The van der Waals surface area contributed by atoms with E-state index in [1.165, 1.54) is 0 Å². The molecule has 0 aliphatic rings. The molecule has 5 heavy (non-hydrogen) atoms. The average Bonchev–Trinajstić information content (AvgIpc) is 1.41. The van der Waals surface area contributed by atoms with Crippen molar-refractivity contribution in [3.8, 4) is 0 Å². The molecule has 0 saturated carbocycles. The Morgan fingerprint density at radius 2 is 1.60 bits per heavy atom. The van der Waals surface area contributed by atoms with E-state index in [0.29, 0.717) is 0 Å². The lowest BCUT2D eigenvalue weighted by atomic mass is 11.1. The van der Waals surface area contributed by atoms with Crippen molar-refractivity contribution in [2.75, 3.05) is 0 Å². The zero-order valence-electron chi connectivity index (χ0n) is 2.50. The van der Waals surface area contributed by atoms with Gasteiger partial charge in [0.1, 0.15) is 0 Å². The second-order valence-corrected chi connectivity index (χ2v) is 0.375. The summed E-state index contributed by atoms with van der Waals surface area (Å²) in [4.78, 5) is 0. The highest BCUT2D eigenvalue weighted by molar-refractivity contribution is 5.70. The van der Waals surface area contributed by atoms with E-state index in [1.54, 1.807) is 12.7 Å². The van der Waals surface area contributed by atoms with Gasteiger partial charge in [-0.1, -0.05) is 0 Å². The van der Waals surface area contributed by atoms with E-state index in [0.717, 1.165) is 0 Å². The predicted molar refractivity (Wildman–Crippen MR) is 18.6 cm³/mol. The minimum atomic E-state index is 1.72. The van der Waals surface area contributed by atoms with Crippen LogP contribution in [0.1, 0.15) is 0 Å². The Morgan fingerprint density at radius 3 is 1.60 bits per heavy atom. The molecule has 0 rings (SSSR count). The Balaban J connectivity index is 2.65. The normalized spacial score (nSPS) is 5.60. The van der Waals surface area contributed by atoms with Crippen molar-refractivity contribution in [2.45, 2.75) is 0 Å². The van der Waals surface area contributed by atoms with Crippen LogP contribution in [0.25, 0.3) is 0 Å². The molecule has 0 aliphatic heterocycles. The van der Waals surface area contributed by atoms with Crippen molar-refractivity contribution in [1.29, 1.82) is 10.8 Å². The molecule has 0 radical (unpaired) electrons. The molecule has 0 atom stereocenters. The minimum Gasteiger partial charge on any atom is -0.683 e. The van der Waals surface area contributed by atoms with Crippen LogP contribution >= 0.6 is 0 Å². The molecule has 0 spiro atoms. The van der Waals surface area contributed by atoms with Gasteiger partial charge in [0.15, 0.2) is 0 Å². The first-order valence-electron chi connectivity index (χ1n) is 1.00. The molecule has 0 saturated heterocycles. The molecule has 0 heterocycles. The van der Waals surface area contributed by atoms with E-state index >= 15 is 0 Å². The molecule has 28 valence electrons. The van der Waals surface area contributed by atoms with Crippen molar-refractivity contribution < 1.29 is 0 Å². The maximum Gasteiger partial charge on any atom is -0.340 e. The first-order valence-corrected chi connectivity index (χ1v) is 1.00. The molecule has 3 N–H and O–H groups in total. The summed E-state index contributed by atoms with van der Waals surface area (Å²) < 4.78 is 0. The maximum absolute atomic E-state index is 6.06. The third-order valence-corrected chi connectivity index (χ3v) is 0.125. The fraction of sp³-hybridized carbons (Fsp3) is 0. The topological polar surface area (TPSA) is 59.7 Å². The van der Waals surface area contributed by atoms with Crippen molar-refractivity contribution in [3.63, 3.8) is 0 Å². The van der Waals surface area contributed by atoms with Crippen LogP contribution in [0.2, 0.25) is 0 Å². The molecule has 0 bridgehead atoms. The summed E-state index contributed by atoms with van der Waals surface area (Å²) in [6.07, 6.45) is 3.44. The predicted octanol–water partition coefficient (Wildman–Crippen LogP) is -0.456. The van der Waals surface area contributed by atoms with E-state index in [1.807, 2.05) is 5.32 Å². The summed E-state index contributed by atoms with van der Waals surface area (Å²) in [5.41, 5.74) is 0. The number of rotatable bonds is 2. The van der Waals surface area contributed by atoms with Gasteiger partial charge in [-0.2, -0.15) is 0 Å². The van der Waals surface area contributed by atoms with Crippen LogP contribution in [0.5, 0.6) is 0 Å². The van der Waals surface area contributed by atoms with Crippen molar-refractivity contribution in [3.05, 3.63) is 0 Å². The van der Waals surface area contributed by atoms with Crippen molar-refractivity contribution >= 4 is 12.7 Å². The van der Waals surface area contributed by atoms with E-state index < -0.39 is 0 Å². The van der Waals surface area contributed by atoms with Crippen molar-refractivity contribution in [2.24, 2.45) is 0 Å². The third kappa shape index (κ3) is 3.14. The molecule has 3 nitrogen and oxygen atoms in total. The lowest BCUT2D eigenvalue weighted by molar-refractivity contribution is 1.35. The lowest BCUT2D eigenvalue weighted by Crippen LogP contribution is -2.03. The Bertz CT molecular complexity index is 34.2. The fourth-order valence-electron chi connectivity index (χ4n) is 0.0312. The third-order valence-electron chi connectivity index (χ3n) is 0.125. The fourth-order valence-corrected chi connectivity index (χ4v) is 0.0312. The Labute approximate surface area is 30.0 Å². The molecule has 0 aliphatic carbocycles. The Hall–Kier alpha value is -0.860. The van der Waals surface area contributed by atoms with E-state index in [2.05, 4.69) is 0 Å². The second-order valence-electron chi connectivity index (χ2n) is 0.375. The van der Waals surface area contributed by atoms with Crippen LogP contribution in [0.15, 0.2) is 0 Å². The summed E-state index contributed by atoms with van der Waals surface area (Å²) in [6, 6.07) is 0.